The lowest BCUT2D eigenvalue weighted by Gasteiger charge is -2.24. The Hall–Kier alpha value is -0.0800. The first-order valence-corrected chi connectivity index (χ1v) is 4.62. The Morgan fingerprint density at radius 3 is 2.27 bits per heavy atom. The number of nitrogens with zero attached hydrogens (tertiary/aromatic N) is 1. The molecule has 1 N–H and O–H groups in total. The molecule has 0 spiro atoms. The van der Waals surface area contributed by atoms with Crippen molar-refractivity contribution in [2.45, 2.75) is 45.3 Å². The monoisotopic (exact) mass is 157 g/mol. The molecule has 1 fully saturated rings. The minimum atomic E-state index is -0.148. The highest BCUT2D eigenvalue weighted by Gasteiger charge is 2.18. The van der Waals surface area contributed by atoms with Gasteiger partial charge in [-0.3, -0.25) is 0 Å². The van der Waals surface area contributed by atoms with E-state index in [4.69, 9.17) is 5.11 Å². The van der Waals surface area contributed by atoms with Crippen LogP contribution in [0.15, 0.2) is 0 Å². The highest BCUT2D eigenvalue weighted by atomic mass is 16.3. The van der Waals surface area contributed by atoms with E-state index in [2.05, 4.69) is 11.8 Å². The summed E-state index contributed by atoms with van der Waals surface area (Å²) < 4.78 is 0. The molecule has 0 aliphatic carbocycles. The molecule has 2 heteroatoms. The van der Waals surface area contributed by atoms with Gasteiger partial charge < -0.3 is 10.0 Å². The van der Waals surface area contributed by atoms with Gasteiger partial charge in [-0.25, -0.2) is 0 Å². The van der Waals surface area contributed by atoms with Crippen LogP contribution in [-0.4, -0.2) is 35.2 Å². The molecule has 1 saturated heterocycles. The fraction of sp³-hybridized carbons (Fsp3) is 1.00. The van der Waals surface area contributed by atoms with Crippen molar-refractivity contribution < 1.29 is 5.11 Å². The van der Waals surface area contributed by atoms with Crippen molar-refractivity contribution in [2.75, 3.05) is 13.1 Å². The summed E-state index contributed by atoms with van der Waals surface area (Å²) in [4.78, 5) is 2.46. The maximum Gasteiger partial charge on any atom is 0.0526 e. The van der Waals surface area contributed by atoms with Crippen LogP contribution in [0, 0.1) is 0 Å². The number of likely N-dealkylation sites (tertiary alicyclic amines) is 1. The summed E-state index contributed by atoms with van der Waals surface area (Å²) in [6.07, 6.45) is 3.44. The Kier molecular flexibility index (Phi) is 3.34. The molecular formula is C9H19NO. The summed E-state index contributed by atoms with van der Waals surface area (Å²) in [5, 5.41) is 9.16. The van der Waals surface area contributed by atoms with Crippen molar-refractivity contribution in [3.63, 3.8) is 0 Å². The van der Waals surface area contributed by atoms with E-state index in [0.717, 1.165) is 6.42 Å². The van der Waals surface area contributed by atoms with E-state index in [0.29, 0.717) is 6.04 Å². The Labute approximate surface area is 69.2 Å². The van der Waals surface area contributed by atoms with Gasteiger partial charge in [0.1, 0.15) is 0 Å². The minimum absolute atomic E-state index is 0.148. The molecule has 66 valence electrons. The minimum Gasteiger partial charge on any atom is -0.393 e. The maximum atomic E-state index is 9.16. The zero-order valence-electron chi connectivity index (χ0n) is 7.58. The van der Waals surface area contributed by atoms with E-state index in [-0.39, 0.29) is 6.10 Å². The highest BCUT2D eigenvalue weighted by molar-refractivity contribution is 4.73. The van der Waals surface area contributed by atoms with E-state index in [1.807, 2.05) is 6.92 Å². The van der Waals surface area contributed by atoms with Crippen molar-refractivity contribution in [3.8, 4) is 0 Å². The predicted octanol–water partition coefficient (Wildman–Crippen LogP) is 1.24. The molecule has 0 radical (unpaired) electrons. The third kappa shape index (κ3) is 2.80. The number of hydrogen-bond donors (Lipinski definition) is 1. The zero-order valence-corrected chi connectivity index (χ0v) is 7.58. The third-order valence-corrected chi connectivity index (χ3v) is 2.45. The van der Waals surface area contributed by atoms with Crippen LogP contribution in [-0.2, 0) is 0 Å². The quantitative estimate of drug-likeness (QED) is 0.666. The Morgan fingerprint density at radius 1 is 1.27 bits per heavy atom. The van der Waals surface area contributed by atoms with Crippen LogP contribution in [0.5, 0.6) is 0 Å². The normalized spacial score (nSPS) is 25.4. The predicted molar refractivity (Wildman–Crippen MR) is 46.6 cm³/mol. The van der Waals surface area contributed by atoms with E-state index in [1.165, 1.54) is 25.9 Å². The summed E-state index contributed by atoms with van der Waals surface area (Å²) in [5.74, 6) is 0. The molecule has 11 heavy (non-hydrogen) atoms. The summed E-state index contributed by atoms with van der Waals surface area (Å²) in [6, 6.07) is 0.567. The lowest BCUT2D eigenvalue weighted by atomic mass is 10.1. The van der Waals surface area contributed by atoms with Gasteiger partial charge in [0, 0.05) is 6.04 Å². The molecule has 0 bridgehead atoms. The number of hydrogen-bond acceptors (Lipinski definition) is 2. The smallest absolute Gasteiger partial charge is 0.0526 e. The first kappa shape index (κ1) is 9.01. The number of aliphatic hydroxyl groups excluding tert-OH is 1. The van der Waals surface area contributed by atoms with Crippen molar-refractivity contribution in [1.29, 1.82) is 0 Å². The number of rotatable bonds is 3. The average Bonchev–Trinajstić information content (AvgIpc) is 2.35. The maximum absolute atomic E-state index is 9.16. The van der Waals surface area contributed by atoms with Gasteiger partial charge in [0.05, 0.1) is 6.10 Å². The lowest BCUT2D eigenvalue weighted by Crippen LogP contribution is -2.32. The van der Waals surface area contributed by atoms with Gasteiger partial charge in [-0.1, -0.05) is 0 Å². The summed E-state index contributed by atoms with van der Waals surface area (Å²) in [6.45, 7) is 6.53. The van der Waals surface area contributed by atoms with Gasteiger partial charge in [0.2, 0.25) is 0 Å². The van der Waals surface area contributed by atoms with Crippen LogP contribution in [0.2, 0.25) is 0 Å². The standard InChI is InChI=1S/C9H19NO/c1-8(7-9(2)11)10-5-3-4-6-10/h8-9,11H,3-7H2,1-2H3/t8-,9-/m1/s1. The highest BCUT2D eigenvalue weighted by Crippen LogP contribution is 2.14. The topological polar surface area (TPSA) is 23.5 Å². The molecule has 1 aliphatic heterocycles. The molecule has 2 atom stereocenters. The van der Waals surface area contributed by atoms with Crippen LogP contribution < -0.4 is 0 Å². The van der Waals surface area contributed by atoms with Crippen LogP contribution in [0.25, 0.3) is 0 Å². The fourth-order valence-electron chi connectivity index (χ4n) is 1.83. The molecule has 0 aromatic carbocycles. The molecule has 0 amide bonds. The SMILES string of the molecule is C[C@H](C[C@@H](C)O)N1CCCC1. The van der Waals surface area contributed by atoms with E-state index >= 15 is 0 Å². The Morgan fingerprint density at radius 2 is 1.82 bits per heavy atom. The summed E-state index contributed by atoms with van der Waals surface area (Å²) in [7, 11) is 0. The van der Waals surface area contributed by atoms with Crippen molar-refractivity contribution in [3.05, 3.63) is 0 Å². The van der Waals surface area contributed by atoms with Gasteiger partial charge in [0.25, 0.3) is 0 Å². The van der Waals surface area contributed by atoms with E-state index in [9.17, 15) is 0 Å². The van der Waals surface area contributed by atoms with Gasteiger partial charge >= 0.3 is 0 Å². The van der Waals surface area contributed by atoms with Gasteiger partial charge in [-0.15, -0.1) is 0 Å². The van der Waals surface area contributed by atoms with Gasteiger partial charge in [-0.05, 0) is 46.2 Å². The molecule has 1 heterocycles. The van der Waals surface area contributed by atoms with Crippen LogP contribution in [0.4, 0.5) is 0 Å². The van der Waals surface area contributed by atoms with Crippen molar-refractivity contribution in [1.82, 2.24) is 4.90 Å². The first-order valence-electron chi connectivity index (χ1n) is 4.62. The van der Waals surface area contributed by atoms with Gasteiger partial charge in [0.15, 0.2) is 0 Å². The summed E-state index contributed by atoms with van der Waals surface area (Å²) in [5.41, 5.74) is 0. The van der Waals surface area contributed by atoms with Crippen LogP contribution in [0.1, 0.15) is 33.1 Å². The Bertz CT molecular complexity index is 108. The number of aliphatic hydroxyl groups is 1. The second kappa shape index (κ2) is 4.07. The molecule has 0 aromatic rings. The van der Waals surface area contributed by atoms with Crippen molar-refractivity contribution >= 4 is 0 Å². The molecule has 1 rings (SSSR count). The van der Waals surface area contributed by atoms with Crippen molar-refractivity contribution in [2.24, 2.45) is 0 Å². The molecule has 1 aliphatic rings. The molecular weight excluding hydrogens is 138 g/mol. The largest absolute Gasteiger partial charge is 0.393 e. The second-order valence-corrected chi connectivity index (χ2v) is 3.68. The van der Waals surface area contributed by atoms with Crippen LogP contribution in [0.3, 0.4) is 0 Å². The van der Waals surface area contributed by atoms with Crippen LogP contribution >= 0.6 is 0 Å². The molecule has 0 unspecified atom stereocenters. The van der Waals surface area contributed by atoms with E-state index in [1.54, 1.807) is 0 Å². The van der Waals surface area contributed by atoms with Gasteiger partial charge in [-0.2, -0.15) is 0 Å². The van der Waals surface area contributed by atoms with E-state index < -0.39 is 0 Å². The third-order valence-electron chi connectivity index (χ3n) is 2.45. The first-order chi connectivity index (χ1) is 5.20. The molecule has 0 aromatic heterocycles. The fourth-order valence-corrected chi connectivity index (χ4v) is 1.83. The molecule has 2 nitrogen and oxygen atoms in total. The molecule has 0 saturated carbocycles. The zero-order chi connectivity index (χ0) is 8.27. The second-order valence-electron chi connectivity index (χ2n) is 3.68. The Balaban J connectivity index is 2.22. The summed E-state index contributed by atoms with van der Waals surface area (Å²) >= 11 is 0. The average molecular weight is 157 g/mol. The lowest BCUT2D eigenvalue weighted by molar-refractivity contribution is 0.133.